The summed E-state index contributed by atoms with van der Waals surface area (Å²) in [7, 11) is 0. The fraction of sp³-hybridized carbons (Fsp3) is 0.294. The van der Waals surface area contributed by atoms with E-state index in [1.165, 1.54) is 10.8 Å². The number of nitriles is 1. The largest absolute Gasteiger partial charge is 0.331 e. The van der Waals surface area contributed by atoms with Gasteiger partial charge in [-0.15, -0.1) is 0 Å². The molecule has 0 aliphatic rings. The van der Waals surface area contributed by atoms with E-state index in [1.807, 2.05) is 32.0 Å². The summed E-state index contributed by atoms with van der Waals surface area (Å²) in [5.74, 6) is -0.496. The zero-order valence-corrected chi connectivity index (χ0v) is 13.8. The van der Waals surface area contributed by atoms with Crippen LogP contribution in [0.15, 0.2) is 34.0 Å². The molecule has 0 fully saturated rings. The Kier molecular flexibility index (Phi) is 4.99. The van der Waals surface area contributed by atoms with Crippen molar-refractivity contribution in [3.05, 3.63) is 61.9 Å². The lowest BCUT2D eigenvalue weighted by Gasteiger charge is -2.13. The van der Waals surface area contributed by atoms with Gasteiger partial charge in [-0.25, -0.2) is 9.36 Å². The molecule has 0 aliphatic heterocycles. The first-order chi connectivity index (χ1) is 11.4. The molecule has 1 amide bonds. The number of carbonyl (C=O) groups excluding carboxylic acids is 1. The van der Waals surface area contributed by atoms with Crippen molar-refractivity contribution < 1.29 is 4.79 Å². The third-order valence-electron chi connectivity index (χ3n) is 3.75. The van der Waals surface area contributed by atoms with Crippen LogP contribution in [0.2, 0.25) is 0 Å². The predicted octanol–water partition coefficient (Wildman–Crippen LogP) is 1.16. The second-order valence-corrected chi connectivity index (χ2v) is 5.43. The van der Waals surface area contributed by atoms with Gasteiger partial charge in [0.05, 0.1) is 0 Å². The van der Waals surface area contributed by atoms with Crippen molar-refractivity contribution in [1.29, 1.82) is 5.26 Å². The molecule has 2 rings (SSSR count). The Labute approximate surface area is 138 Å². The van der Waals surface area contributed by atoms with Crippen molar-refractivity contribution in [2.45, 2.75) is 33.9 Å². The van der Waals surface area contributed by atoms with Crippen LogP contribution < -0.4 is 16.6 Å². The zero-order chi connectivity index (χ0) is 17.9. The van der Waals surface area contributed by atoms with Crippen molar-refractivity contribution in [1.82, 2.24) is 9.13 Å². The Morgan fingerprint density at radius 2 is 1.88 bits per heavy atom. The van der Waals surface area contributed by atoms with Crippen LogP contribution in [-0.4, -0.2) is 15.0 Å². The Morgan fingerprint density at radius 1 is 1.25 bits per heavy atom. The van der Waals surface area contributed by atoms with Gasteiger partial charge in [0, 0.05) is 18.4 Å². The Morgan fingerprint density at radius 3 is 2.42 bits per heavy atom. The van der Waals surface area contributed by atoms with Crippen LogP contribution in [0, 0.1) is 25.2 Å². The number of nitrogens with one attached hydrogen (secondary N) is 1. The lowest BCUT2D eigenvalue weighted by Crippen LogP contribution is -2.43. The van der Waals surface area contributed by atoms with Crippen LogP contribution >= 0.6 is 0 Å². The summed E-state index contributed by atoms with van der Waals surface area (Å²) < 4.78 is 2.01. The van der Waals surface area contributed by atoms with E-state index >= 15 is 0 Å². The molecule has 1 aromatic carbocycles. The normalized spacial score (nSPS) is 10.2. The summed E-state index contributed by atoms with van der Waals surface area (Å²) in [4.78, 5) is 36.7. The summed E-state index contributed by atoms with van der Waals surface area (Å²) in [6.07, 6.45) is 1.21. The van der Waals surface area contributed by atoms with Gasteiger partial charge < -0.3 is 5.32 Å². The van der Waals surface area contributed by atoms with E-state index in [2.05, 4.69) is 5.32 Å². The first-order valence-electron chi connectivity index (χ1n) is 7.49. The van der Waals surface area contributed by atoms with Gasteiger partial charge in [-0.2, -0.15) is 5.26 Å². The van der Waals surface area contributed by atoms with Gasteiger partial charge in [0.25, 0.3) is 5.56 Å². The maximum atomic E-state index is 12.3. The number of benzene rings is 1. The highest BCUT2D eigenvalue weighted by Crippen LogP contribution is 2.19. The Hall–Kier alpha value is -3.14. The number of aromatic nitrogens is 2. The van der Waals surface area contributed by atoms with Gasteiger partial charge in [-0.3, -0.25) is 14.2 Å². The summed E-state index contributed by atoms with van der Waals surface area (Å²) in [5, 5.41) is 11.7. The molecule has 0 unspecified atom stereocenters. The van der Waals surface area contributed by atoms with Crippen LogP contribution in [0.5, 0.6) is 0 Å². The van der Waals surface area contributed by atoms with E-state index in [0.29, 0.717) is 12.2 Å². The number of carbonyl (C=O) groups is 1. The van der Waals surface area contributed by atoms with Crippen molar-refractivity contribution in [3.8, 4) is 6.07 Å². The van der Waals surface area contributed by atoms with Gasteiger partial charge in [0.15, 0.2) is 0 Å². The van der Waals surface area contributed by atoms with E-state index in [0.717, 1.165) is 15.7 Å². The van der Waals surface area contributed by atoms with Gasteiger partial charge in [0.1, 0.15) is 18.2 Å². The molecule has 0 atom stereocenters. The molecular formula is C17H18N4O3. The maximum absolute atomic E-state index is 12.3. The smallest absolute Gasteiger partial charge is 0.324 e. The minimum absolute atomic E-state index is 0.170. The van der Waals surface area contributed by atoms with Crippen LogP contribution in [0.3, 0.4) is 0 Å². The van der Waals surface area contributed by atoms with Gasteiger partial charge in [-0.1, -0.05) is 18.2 Å². The highest BCUT2D eigenvalue weighted by atomic mass is 16.2. The molecule has 0 spiro atoms. The fourth-order valence-corrected chi connectivity index (χ4v) is 2.43. The molecule has 0 radical (unpaired) electrons. The number of anilines is 1. The third-order valence-corrected chi connectivity index (χ3v) is 3.75. The first-order valence-corrected chi connectivity index (χ1v) is 7.49. The molecule has 24 heavy (non-hydrogen) atoms. The summed E-state index contributed by atoms with van der Waals surface area (Å²) >= 11 is 0. The average molecular weight is 326 g/mol. The van der Waals surface area contributed by atoms with Crippen molar-refractivity contribution >= 4 is 11.6 Å². The predicted molar refractivity (Wildman–Crippen MR) is 89.9 cm³/mol. The average Bonchev–Trinajstić information content (AvgIpc) is 2.55. The molecule has 2 aromatic rings. The molecule has 1 aromatic heterocycles. The first kappa shape index (κ1) is 17.2. The Balaban J connectivity index is 2.38. The second kappa shape index (κ2) is 6.96. The minimum atomic E-state index is -0.760. The van der Waals surface area contributed by atoms with Crippen LogP contribution in [-0.2, 0) is 17.9 Å². The number of hydrogen-bond acceptors (Lipinski definition) is 4. The molecule has 1 heterocycles. The summed E-state index contributed by atoms with van der Waals surface area (Å²) in [6.45, 7) is 5.28. The molecule has 0 saturated carbocycles. The van der Waals surface area contributed by atoms with E-state index < -0.39 is 23.7 Å². The number of amides is 1. The highest BCUT2D eigenvalue weighted by molar-refractivity contribution is 5.92. The molecule has 0 saturated heterocycles. The Bertz CT molecular complexity index is 928. The lowest BCUT2D eigenvalue weighted by molar-refractivity contribution is -0.116. The lowest BCUT2D eigenvalue weighted by atomic mass is 10.1. The molecule has 0 bridgehead atoms. The van der Waals surface area contributed by atoms with Gasteiger partial charge in [0.2, 0.25) is 5.91 Å². The SMILES string of the molecule is CCn1cc(C#N)c(=O)n(CC(=O)Nc2c(C)cccc2C)c1=O. The van der Waals surface area contributed by atoms with Crippen LogP contribution in [0.1, 0.15) is 23.6 Å². The highest BCUT2D eigenvalue weighted by Gasteiger charge is 2.15. The van der Waals surface area contributed by atoms with Crippen LogP contribution in [0.25, 0.3) is 0 Å². The van der Waals surface area contributed by atoms with Crippen molar-refractivity contribution in [3.63, 3.8) is 0 Å². The quantitative estimate of drug-likeness (QED) is 0.911. The molecule has 7 heteroatoms. The third kappa shape index (κ3) is 3.27. The van der Waals surface area contributed by atoms with E-state index in [1.54, 1.807) is 13.0 Å². The minimum Gasteiger partial charge on any atom is -0.324 e. The van der Waals surface area contributed by atoms with Crippen molar-refractivity contribution in [2.24, 2.45) is 0 Å². The fourth-order valence-electron chi connectivity index (χ4n) is 2.43. The monoisotopic (exact) mass is 326 g/mol. The molecule has 1 N–H and O–H groups in total. The second-order valence-electron chi connectivity index (χ2n) is 5.43. The maximum Gasteiger partial charge on any atom is 0.331 e. The summed E-state index contributed by atoms with van der Waals surface area (Å²) in [6, 6.07) is 7.34. The van der Waals surface area contributed by atoms with E-state index in [9.17, 15) is 14.4 Å². The van der Waals surface area contributed by atoms with Gasteiger partial charge >= 0.3 is 5.69 Å². The summed E-state index contributed by atoms with van der Waals surface area (Å²) in [5.41, 5.74) is 0.876. The number of hydrogen-bond donors (Lipinski definition) is 1. The standard InChI is InChI=1S/C17H18N4O3/c1-4-20-9-13(8-18)16(23)21(17(20)24)10-14(22)19-15-11(2)6-5-7-12(15)3/h5-7,9H,4,10H2,1-3H3,(H,19,22). The van der Waals surface area contributed by atoms with E-state index in [4.69, 9.17) is 5.26 Å². The van der Waals surface area contributed by atoms with Crippen LogP contribution in [0.4, 0.5) is 5.69 Å². The number of aryl methyl sites for hydroxylation is 3. The molecule has 124 valence electrons. The molecule has 0 aliphatic carbocycles. The number of rotatable bonds is 4. The number of nitrogens with zero attached hydrogens (tertiary/aromatic N) is 3. The molecular weight excluding hydrogens is 308 g/mol. The topological polar surface area (TPSA) is 96.9 Å². The van der Waals surface area contributed by atoms with Crippen molar-refractivity contribution in [2.75, 3.05) is 5.32 Å². The molecule has 7 nitrogen and oxygen atoms in total. The number of para-hydroxylation sites is 1. The van der Waals surface area contributed by atoms with Gasteiger partial charge in [-0.05, 0) is 31.9 Å². The zero-order valence-electron chi connectivity index (χ0n) is 13.8. The van der Waals surface area contributed by atoms with E-state index in [-0.39, 0.29) is 5.56 Å².